The van der Waals surface area contributed by atoms with E-state index in [-0.39, 0.29) is 0 Å². The van der Waals surface area contributed by atoms with Gasteiger partial charge in [0.15, 0.2) is 0 Å². The zero-order valence-electron chi connectivity index (χ0n) is 5.59. The Morgan fingerprint density at radius 3 is 2.67 bits per heavy atom. The van der Waals surface area contributed by atoms with Crippen LogP contribution in [-0.4, -0.2) is 7.05 Å². The molecular formula is C7H12N2. The average Bonchev–Trinajstić information content (AvgIpc) is 1.91. The average molecular weight is 124 g/mol. The van der Waals surface area contributed by atoms with Crippen LogP contribution in [0.4, 0.5) is 0 Å². The van der Waals surface area contributed by atoms with Crippen molar-refractivity contribution in [3.63, 3.8) is 0 Å². The fraction of sp³-hybridized carbons (Fsp3) is 0.143. The number of allylic oxidation sites excluding steroid dienone is 3. The molecule has 0 saturated carbocycles. The minimum atomic E-state index is 0.884. The van der Waals surface area contributed by atoms with E-state index in [0.717, 1.165) is 5.70 Å². The molecule has 9 heavy (non-hydrogen) atoms. The fourth-order valence-electron chi connectivity index (χ4n) is 0.394. The molecule has 0 saturated heterocycles. The van der Waals surface area contributed by atoms with Crippen LogP contribution in [0.15, 0.2) is 36.7 Å². The lowest BCUT2D eigenvalue weighted by molar-refractivity contribution is 1.02. The Hall–Kier alpha value is -1.18. The standard InChI is InChI=1S/C7H12N2/c1-3-4-5-7(6-8)9-2/h3-6,9H,1,8H2,2H3/b5-4-,7-6+. The van der Waals surface area contributed by atoms with Crippen LogP contribution in [0.3, 0.4) is 0 Å². The molecule has 0 heterocycles. The molecule has 0 aromatic rings. The van der Waals surface area contributed by atoms with Crippen LogP contribution in [0.2, 0.25) is 0 Å². The van der Waals surface area contributed by atoms with Crippen molar-refractivity contribution in [1.82, 2.24) is 5.32 Å². The van der Waals surface area contributed by atoms with Gasteiger partial charge in [0.1, 0.15) is 0 Å². The predicted octanol–water partition coefficient (Wildman–Crippen LogP) is 0.748. The molecular weight excluding hydrogens is 112 g/mol. The molecule has 3 N–H and O–H groups in total. The second-order valence-electron chi connectivity index (χ2n) is 1.47. The van der Waals surface area contributed by atoms with Crippen molar-refractivity contribution in [2.45, 2.75) is 0 Å². The lowest BCUT2D eigenvalue weighted by Crippen LogP contribution is -2.04. The molecule has 0 aromatic heterocycles. The highest BCUT2D eigenvalue weighted by Gasteiger charge is 1.78. The summed E-state index contributed by atoms with van der Waals surface area (Å²) in [6.45, 7) is 3.52. The first-order valence-corrected chi connectivity index (χ1v) is 2.74. The Kier molecular flexibility index (Phi) is 4.32. The van der Waals surface area contributed by atoms with Gasteiger partial charge in [0.25, 0.3) is 0 Å². The topological polar surface area (TPSA) is 38.0 Å². The molecule has 0 spiro atoms. The van der Waals surface area contributed by atoms with Crippen molar-refractivity contribution < 1.29 is 0 Å². The molecule has 0 unspecified atom stereocenters. The van der Waals surface area contributed by atoms with Crippen LogP contribution in [0.5, 0.6) is 0 Å². The van der Waals surface area contributed by atoms with E-state index in [9.17, 15) is 0 Å². The number of likely N-dealkylation sites (N-methyl/N-ethyl adjacent to an activating group) is 1. The molecule has 0 amide bonds. The van der Waals surface area contributed by atoms with E-state index in [1.54, 1.807) is 6.08 Å². The van der Waals surface area contributed by atoms with Crippen LogP contribution in [0.25, 0.3) is 0 Å². The molecule has 0 aliphatic carbocycles. The summed E-state index contributed by atoms with van der Waals surface area (Å²) in [7, 11) is 1.81. The maximum Gasteiger partial charge on any atom is 0.0495 e. The van der Waals surface area contributed by atoms with Crippen LogP contribution in [-0.2, 0) is 0 Å². The van der Waals surface area contributed by atoms with Gasteiger partial charge in [0, 0.05) is 18.9 Å². The van der Waals surface area contributed by atoms with Crippen molar-refractivity contribution >= 4 is 0 Å². The van der Waals surface area contributed by atoms with Crippen LogP contribution >= 0.6 is 0 Å². The quantitative estimate of drug-likeness (QED) is 0.545. The minimum absolute atomic E-state index is 0.884. The molecule has 0 aliphatic heterocycles. The van der Waals surface area contributed by atoms with Gasteiger partial charge in [-0.3, -0.25) is 0 Å². The van der Waals surface area contributed by atoms with Gasteiger partial charge in [-0.2, -0.15) is 0 Å². The summed E-state index contributed by atoms with van der Waals surface area (Å²) in [6.07, 6.45) is 6.85. The highest BCUT2D eigenvalue weighted by molar-refractivity contribution is 5.18. The molecule has 2 nitrogen and oxygen atoms in total. The summed E-state index contributed by atoms with van der Waals surface area (Å²) in [6, 6.07) is 0. The number of hydrogen-bond acceptors (Lipinski definition) is 2. The first-order valence-electron chi connectivity index (χ1n) is 2.74. The normalized spacial score (nSPS) is 11.9. The van der Waals surface area contributed by atoms with Crippen molar-refractivity contribution in [3.8, 4) is 0 Å². The van der Waals surface area contributed by atoms with E-state index in [0.29, 0.717) is 0 Å². The summed E-state index contributed by atoms with van der Waals surface area (Å²) < 4.78 is 0. The van der Waals surface area contributed by atoms with Gasteiger partial charge in [-0.05, 0) is 6.08 Å². The van der Waals surface area contributed by atoms with E-state index >= 15 is 0 Å². The second-order valence-corrected chi connectivity index (χ2v) is 1.47. The number of nitrogens with one attached hydrogen (secondary N) is 1. The Labute approximate surface area is 55.7 Å². The monoisotopic (exact) mass is 124 g/mol. The number of rotatable bonds is 3. The van der Waals surface area contributed by atoms with Crippen LogP contribution < -0.4 is 11.1 Å². The Bertz CT molecular complexity index is 134. The molecule has 0 atom stereocenters. The number of nitrogens with two attached hydrogens (primary N) is 1. The first-order chi connectivity index (χ1) is 4.35. The largest absolute Gasteiger partial charge is 0.403 e. The minimum Gasteiger partial charge on any atom is -0.403 e. The van der Waals surface area contributed by atoms with Gasteiger partial charge >= 0.3 is 0 Å². The molecule has 0 bridgehead atoms. The van der Waals surface area contributed by atoms with E-state index in [4.69, 9.17) is 5.73 Å². The lowest BCUT2D eigenvalue weighted by atomic mass is 10.4. The van der Waals surface area contributed by atoms with Crippen molar-refractivity contribution in [1.29, 1.82) is 0 Å². The van der Waals surface area contributed by atoms with E-state index in [1.807, 2.05) is 19.2 Å². The molecule has 50 valence electrons. The third-order valence-electron chi connectivity index (χ3n) is 0.880. The Morgan fingerprint density at radius 2 is 2.33 bits per heavy atom. The van der Waals surface area contributed by atoms with E-state index in [2.05, 4.69) is 11.9 Å². The summed E-state index contributed by atoms with van der Waals surface area (Å²) >= 11 is 0. The second kappa shape index (κ2) is 4.97. The highest BCUT2D eigenvalue weighted by atomic mass is 14.8. The lowest BCUT2D eigenvalue weighted by Gasteiger charge is -1.95. The van der Waals surface area contributed by atoms with Gasteiger partial charge in [-0.15, -0.1) is 0 Å². The zero-order valence-corrected chi connectivity index (χ0v) is 5.59. The van der Waals surface area contributed by atoms with Crippen LogP contribution in [0, 0.1) is 0 Å². The molecule has 0 aliphatic rings. The molecule has 0 fully saturated rings. The molecule has 2 heteroatoms. The predicted molar refractivity (Wildman–Crippen MR) is 40.7 cm³/mol. The van der Waals surface area contributed by atoms with Crippen molar-refractivity contribution in [2.24, 2.45) is 5.73 Å². The van der Waals surface area contributed by atoms with Gasteiger partial charge in [-0.25, -0.2) is 0 Å². The van der Waals surface area contributed by atoms with Crippen LogP contribution in [0.1, 0.15) is 0 Å². The van der Waals surface area contributed by atoms with E-state index in [1.165, 1.54) is 6.20 Å². The van der Waals surface area contributed by atoms with Gasteiger partial charge in [0.2, 0.25) is 0 Å². The smallest absolute Gasteiger partial charge is 0.0495 e. The SMILES string of the molecule is C=C/C=C\C(=C/N)NC. The maximum atomic E-state index is 5.21. The zero-order chi connectivity index (χ0) is 7.11. The third-order valence-corrected chi connectivity index (χ3v) is 0.880. The van der Waals surface area contributed by atoms with Crippen molar-refractivity contribution in [2.75, 3.05) is 7.05 Å². The molecule has 0 aromatic carbocycles. The van der Waals surface area contributed by atoms with Gasteiger partial charge in [-0.1, -0.05) is 18.7 Å². The Balaban J connectivity index is 3.84. The van der Waals surface area contributed by atoms with Gasteiger partial charge in [0.05, 0.1) is 0 Å². The maximum absolute atomic E-state index is 5.21. The summed E-state index contributed by atoms with van der Waals surface area (Å²) in [5.74, 6) is 0. The fourth-order valence-corrected chi connectivity index (χ4v) is 0.394. The Morgan fingerprint density at radius 1 is 1.67 bits per heavy atom. The van der Waals surface area contributed by atoms with Gasteiger partial charge < -0.3 is 11.1 Å². The summed E-state index contributed by atoms with van der Waals surface area (Å²) in [4.78, 5) is 0. The first kappa shape index (κ1) is 7.82. The van der Waals surface area contributed by atoms with E-state index < -0.39 is 0 Å². The molecule has 0 rings (SSSR count). The summed E-state index contributed by atoms with van der Waals surface area (Å²) in [5.41, 5.74) is 6.10. The third kappa shape index (κ3) is 3.41. The summed E-state index contributed by atoms with van der Waals surface area (Å²) in [5, 5.41) is 2.89. The number of hydrogen-bond donors (Lipinski definition) is 2. The van der Waals surface area contributed by atoms with Crippen molar-refractivity contribution in [3.05, 3.63) is 36.7 Å². The molecule has 0 radical (unpaired) electrons. The highest BCUT2D eigenvalue weighted by Crippen LogP contribution is 1.85.